The van der Waals surface area contributed by atoms with Crippen LogP contribution in [0.5, 0.6) is 11.5 Å². The number of ether oxygens (including phenoxy) is 3. The second-order valence-electron chi connectivity index (χ2n) is 11.2. The Balaban J connectivity index is 1.64. The number of fused-ring (bicyclic) bond motifs is 3. The monoisotopic (exact) mass is 652 g/mol. The molecule has 2 heterocycles. The minimum atomic E-state index is -1.77. The van der Waals surface area contributed by atoms with Crippen molar-refractivity contribution < 1.29 is 31.8 Å². The van der Waals surface area contributed by atoms with Crippen LogP contribution in [0, 0.1) is 5.82 Å². The molecule has 0 radical (unpaired) electrons. The lowest BCUT2D eigenvalue weighted by molar-refractivity contribution is 0.0589. The van der Waals surface area contributed by atoms with Gasteiger partial charge in [-0.3, -0.25) is 13.3 Å². The van der Waals surface area contributed by atoms with Crippen LogP contribution in [0.2, 0.25) is 0 Å². The van der Waals surface area contributed by atoms with Gasteiger partial charge < -0.3 is 19.2 Å². The third-order valence-corrected chi connectivity index (χ3v) is 9.32. The number of carbonyl (C=O) groups is 1. The zero-order chi connectivity index (χ0) is 32.5. The van der Waals surface area contributed by atoms with Gasteiger partial charge in [0.15, 0.2) is 0 Å². The van der Waals surface area contributed by atoms with Crippen LogP contribution in [-0.2, 0) is 37.8 Å². The van der Waals surface area contributed by atoms with Crippen molar-refractivity contribution in [2.24, 2.45) is 0 Å². The molecule has 10 nitrogen and oxygen atoms in total. The number of nitrogens with one attached hydrogen (secondary N) is 1. The van der Waals surface area contributed by atoms with E-state index in [1.54, 1.807) is 83.5 Å². The fourth-order valence-corrected chi connectivity index (χ4v) is 6.96. The fraction of sp³-hybridized carbons (Fsp3) is 0.281. The van der Waals surface area contributed by atoms with Crippen molar-refractivity contribution in [3.63, 3.8) is 0 Å². The molecule has 0 saturated heterocycles. The molecule has 1 N–H and O–H groups in total. The molecule has 1 amide bonds. The van der Waals surface area contributed by atoms with E-state index >= 15 is 4.39 Å². The van der Waals surface area contributed by atoms with Gasteiger partial charge in [-0.2, -0.15) is 0 Å². The summed E-state index contributed by atoms with van der Waals surface area (Å²) >= 11 is 0. The summed E-state index contributed by atoms with van der Waals surface area (Å²) in [5, 5.41) is 0.684. The highest BCUT2D eigenvalue weighted by atomic mass is 32.2. The van der Waals surface area contributed by atoms with Crippen LogP contribution in [-0.4, -0.2) is 56.3 Å². The summed E-state index contributed by atoms with van der Waals surface area (Å²) in [6.07, 6.45) is -0.691. The Kier molecular flexibility index (Phi) is 9.21. The molecule has 0 aliphatic heterocycles. The first-order chi connectivity index (χ1) is 21.4. The van der Waals surface area contributed by atoms with E-state index in [9.17, 15) is 13.2 Å². The van der Waals surface area contributed by atoms with E-state index in [0.29, 0.717) is 27.8 Å². The Bertz CT molecular complexity index is 1920. The van der Waals surface area contributed by atoms with Crippen molar-refractivity contribution in [2.45, 2.75) is 48.1 Å². The van der Waals surface area contributed by atoms with E-state index in [0.717, 1.165) is 11.1 Å². The smallest absolute Gasteiger partial charge is 0.414 e. The summed E-state index contributed by atoms with van der Waals surface area (Å²) in [5.74, 6) is 0.858. The predicted molar refractivity (Wildman–Crippen MR) is 172 cm³/mol. The number of hydrogen-bond donors (Lipinski definition) is 1. The highest BCUT2D eigenvalue weighted by Gasteiger charge is 2.26. The second kappa shape index (κ2) is 12.9. The number of aromatic amines is 1. The van der Waals surface area contributed by atoms with Gasteiger partial charge in [0, 0.05) is 12.4 Å². The van der Waals surface area contributed by atoms with Crippen LogP contribution in [0.1, 0.15) is 31.9 Å². The van der Waals surface area contributed by atoms with Crippen molar-refractivity contribution in [1.29, 1.82) is 0 Å². The van der Waals surface area contributed by atoms with Gasteiger partial charge in [0.25, 0.3) is 0 Å². The number of carbonyl (C=O) groups excluding carboxylic acids is 1. The first-order valence-electron chi connectivity index (χ1n) is 13.9. The molecule has 236 valence electrons. The highest BCUT2D eigenvalue weighted by molar-refractivity contribution is 7.85. The number of halogens is 1. The number of H-pyrrole nitrogens is 1. The van der Waals surface area contributed by atoms with Gasteiger partial charge in [-0.15, -0.1) is 0 Å². The molecule has 0 aliphatic carbocycles. The average molecular weight is 653 g/mol. The Morgan fingerprint density at radius 2 is 1.44 bits per heavy atom. The average Bonchev–Trinajstić information content (AvgIpc) is 3.38. The fourth-order valence-electron chi connectivity index (χ4n) is 4.63. The molecule has 13 heteroatoms. The molecule has 0 bridgehead atoms. The van der Waals surface area contributed by atoms with Crippen LogP contribution in [0.25, 0.3) is 21.9 Å². The maximum Gasteiger partial charge on any atom is 0.414 e. The summed E-state index contributed by atoms with van der Waals surface area (Å²) < 4.78 is 58.6. The van der Waals surface area contributed by atoms with Gasteiger partial charge in [-0.1, -0.05) is 24.3 Å². The number of hydrogen-bond acceptors (Lipinski definition) is 8. The van der Waals surface area contributed by atoms with Gasteiger partial charge in [-0.25, -0.2) is 19.2 Å². The largest absolute Gasteiger partial charge is 0.497 e. The second-order valence-corrected chi connectivity index (χ2v) is 13.9. The number of rotatable bonds is 9. The molecular weight excluding hydrogens is 620 g/mol. The van der Waals surface area contributed by atoms with Gasteiger partial charge in [-0.05, 0) is 68.3 Å². The van der Waals surface area contributed by atoms with Crippen LogP contribution < -0.4 is 14.4 Å². The molecule has 5 rings (SSSR count). The Labute approximate surface area is 264 Å². The van der Waals surface area contributed by atoms with Crippen molar-refractivity contribution in [3.8, 4) is 11.5 Å². The number of amides is 1. The highest BCUT2D eigenvalue weighted by Crippen LogP contribution is 2.36. The first kappa shape index (κ1) is 32.0. The normalized spacial score (nSPS) is 13.0. The van der Waals surface area contributed by atoms with Gasteiger partial charge in [0.1, 0.15) is 33.6 Å². The minimum Gasteiger partial charge on any atom is -0.497 e. The summed E-state index contributed by atoms with van der Waals surface area (Å²) in [4.78, 5) is 26.4. The molecule has 2 unspecified atom stereocenters. The number of aromatic nitrogens is 3. The summed E-state index contributed by atoms with van der Waals surface area (Å²) in [5.41, 5.74) is 1.48. The van der Waals surface area contributed by atoms with Crippen molar-refractivity contribution in [1.82, 2.24) is 15.0 Å². The lowest BCUT2D eigenvalue weighted by atomic mass is 10.1. The van der Waals surface area contributed by atoms with Gasteiger partial charge in [0.05, 0.1) is 63.9 Å². The SMILES string of the molecule is COc1ccc(CS(=O)c2nc(S(=O)Cc3ccc(OC)cc3)c3c(n2)[nH]c2c(N(C)C(=O)OC(C)(C)C)cc(F)cc23)cc1. The maximum absolute atomic E-state index is 15.1. The Morgan fingerprint density at radius 1 is 0.889 bits per heavy atom. The maximum atomic E-state index is 15.1. The van der Waals surface area contributed by atoms with Crippen molar-refractivity contribution in [2.75, 3.05) is 26.2 Å². The topological polar surface area (TPSA) is 124 Å². The number of methoxy groups -OCH3 is 2. The Morgan fingerprint density at radius 3 is 1.98 bits per heavy atom. The molecule has 2 atom stereocenters. The molecular formula is C32H33FN4O6S2. The molecule has 0 aliphatic rings. The third-order valence-electron chi connectivity index (χ3n) is 6.81. The quantitative estimate of drug-likeness (QED) is 0.146. The molecule has 45 heavy (non-hydrogen) atoms. The summed E-state index contributed by atoms with van der Waals surface area (Å²) in [6, 6.07) is 16.7. The van der Waals surface area contributed by atoms with Crippen molar-refractivity contribution >= 4 is 55.3 Å². The van der Waals surface area contributed by atoms with E-state index in [-0.39, 0.29) is 33.0 Å². The van der Waals surface area contributed by atoms with Crippen LogP contribution in [0.15, 0.2) is 70.8 Å². The predicted octanol–water partition coefficient (Wildman–Crippen LogP) is 6.25. The third kappa shape index (κ3) is 7.15. The number of nitrogens with zero attached hydrogens (tertiary/aromatic N) is 3. The summed E-state index contributed by atoms with van der Waals surface area (Å²) in [7, 11) is 1.10. The lowest BCUT2D eigenvalue weighted by Gasteiger charge is -2.25. The minimum absolute atomic E-state index is 0.0366. The van der Waals surface area contributed by atoms with E-state index < -0.39 is 39.1 Å². The molecule has 2 aromatic heterocycles. The molecule has 0 spiro atoms. The molecule has 0 saturated carbocycles. The van der Waals surface area contributed by atoms with Gasteiger partial charge >= 0.3 is 6.09 Å². The zero-order valence-corrected chi connectivity index (χ0v) is 27.3. The summed E-state index contributed by atoms with van der Waals surface area (Å²) in [6.45, 7) is 5.20. The number of benzene rings is 3. The van der Waals surface area contributed by atoms with E-state index in [4.69, 9.17) is 14.2 Å². The number of anilines is 1. The van der Waals surface area contributed by atoms with E-state index in [2.05, 4.69) is 15.0 Å². The standard InChI is InChI=1S/C32H33FN4O6S2/c1-32(2,3)43-31(38)37(4)25-16-21(33)15-24-26-28(34-27(24)25)35-30(45(40)18-20-9-13-23(42-6)14-10-20)36-29(26)44(39)17-19-7-11-22(41-5)12-8-19/h7-16H,17-18H2,1-6H3,(H,34,35,36). The Hall–Kier alpha value is -4.36. The molecule has 5 aromatic rings. The van der Waals surface area contributed by atoms with E-state index in [1.807, 2.05) is 0 Å². The van der Waals surface area contributed by atoms with Crippen LogP contribution in [0.3, 0.4) is 0 Å². The molecule has 3 aromatic carbocycles. The molecule has 0 fully saturated rings. The van der Waals surface area contributed by atoms with Crippen LogP contribution >= 0.6 is 0 Å². The lowest BCUT2D eigenvalue weighted by Crippen LogP contribution is -2.34. The van der Waals surface area contributed by atoms with E-state index in [1.165, 1.54) is 24.1 Å². The van der Waals surface area contributed by atoms with Gasteiger partial charge in [0.2, 0.25) is 5.16 Å². The zero-order valence-electron chi connectivity index (χ0n) is 25.7. The van der Waals surface area contributed by atoms with Crippen molar-refractivity contribution in [3.05, 3.63) is 77.6 Å². The van der Waals surface area contributed by atoms with Crippen LogP contribution in [0.4, 0.5) is 14.9 Å². The first-order valence-corrected chi connectivity index (χ1v) is 16.5.